The third-order valence-electron chi connectivity index (χ3n) is 3.36. The molecule has 3 heteroatoms. The molecule has 92 valence electrons. The molecule has 0 atom stereocenters. The van der Waals surface area contributed by atoms with E-state index in [1.54, 1.807) is 6.07 Å². The fraction of sp³-hybridized carbons (Fsp3) is 0.500. The number of phenols is 1. The predicted octanol–water partition coefficient (Wildman–Crippen LogP) is 3.01. The predicted molar refractivity (Wildman–Crippen MR) is 65.9 cm³/mol. The zero-order valence-electron chi connectivity index (χ0n) is 10.8. The molecular formula is C14H18O3. The number of rotatable bonds is 1. The molecule has 0 saturated carbocycles. The summed E-state index contributed by atoms with van der Waals surface area (Å²) >= 11 is 0. The number of fused-ring (bicyclic) bond motifs is 1. The van der Waals surface area contributed by atoms with Crippen molar-refractivity contribution in [3.63, 3.8) is 0 Å². The summed E-state index contributed by atoms with van der Waals surface area (Å²) in [5.74, 6) is 0.625. The van der Waals surface area contributed by atoms with Gasteiger partial charge in [0.1, 0.15) is 17.1 Å². The van der Waals surface area contributed by atoms with Gasteiger partial charge in [-0.25, -0.2) is 0 Å². The molecular weight excluding hydrogens is 216 g/mol. The second kappa shape index (κ2) is 3.76. The van der Waals surface area contributed by atoms with E-state index < -0.39 is 0 Å². The van der Waals surface area contributed by atoms with Gasteiger partial charge >= 0.3 is 0 Å². The van der Waals surface area contributed by atoms with Crippen LogP contribution >= 0.6 is 0 Å². The average Bonchev–Trinajstić information content (AvgIpc) is 2.14. The second-order valence-electron chi connectivity index (χ2n) is 5.29. The van der Waals surface area contributed by atoms with Crippen LogP contribution in [0.3, 0.4) is 0 Å². The lowest BCUT2D eigenvalue weighted by Gasteiger charge is -2.33. The molecule has 0 aliphatic carbocycles. The standard InChI is InChI=1S/C14H18O3/c1-8-10-5-6-14(3,4)17-12(10)7-11(16)13(8)9(2)15/h7,16H,5-6H2,1-4H3. The number of ketones is 1. The maximum absolute atomic E-state index is 11.5. The number of benzene rings is 1. The Bertz CT molecular complexity index is 487. The van der Waals surface area contributed by atoms with Gasteiger partial charge in [0.25, 0.3) is 0 Å². The lowest BCUT2D eigenvalue weighted by atomic mass is 9.89. The van der Waals surface area contributed by atoms with Crippen molar-refractivity contribution in [2.24, 2.45) is 0 Å². The smallest absolute Gasteiger partial charge is 0.163 e. The van der Waals surface area contributed by atoms with E-state index in [2.05, 4.69) is 0 Å². The Morgan fingerprint density at radius 2 is 2.12 bits per heavy atom. The van der Waals surface area contributed by atoms with Crippen LogP contribution in [0, 0.1) is 6.92 Å². The van der Waals surface area contributed by atoms with Crippen molar-refractivity contribution >= 4 is 5.78 Å². The molecule has 17 heavy (non-hydrogen) atoms. The van der Waals surface area contributed by atoms with E-state index in [-0.39, 0.29) is 17.1 Å². The molecule has 0 amide bonds. The van der Waals surface area contributed by atoms with Crippen LogP contribution in [0.25, 0.3) is 0 Å². The highest BCUT2D eigenvalue weighted by molar-refractivity contribution is 5.98. The van der Waals surface area contributed by atoms with E-state index in [0.29, 0.717) is 11.3 Å². The number of aromatic hydroxyl groups is 1. The quantitative estimate of drug-likeness (QED) is 0.760. The van der Waals surface area contributed by atoms with Gasteiger partial charge in [0.05, 0.1) is 5.56 Å². The molecule has 1 heterocycles. The molecule has 0 spiro atoms. The molecule has 0 fully saturated rings. The van der Waals surface area contributed by atoms with Gasteiger partial charge in [-0.2, -0.15) is 0 Å². The summed E-state index contributed by atoms with van der Waals surface area (Å²) in [4.78, 5) is 11.5. The number of phenolic OH excluding ortho intramolecular Hbond substituents is 1. The van der Waals surface area contributed by atoms with Crippen molar-refractivity contribution in [3.05, 3.63) is 22.8 Å². The number of hydrogen-bond acceptors (Lipinski definition) is 3. The van der Waals surface area contributed by atoms with Crippen molar-refractivity contribution < 1.29 is 14.6 Å². The Balaban J connectivity index is 2.59. The van der Waals surface area contributed by atoms with E-state index in [4.69, 9.17) is 4.74 Å². The van der Waals surface area contributed by atoms with Gasteiger partial charge in [0, 0.05) is 6.07 Å². The largest absolute Gasteiger partial charge is 0.507 e. The molecule has 0 saturated heterocycles. The van der Waals surface area contributed by atoms with Crippen molar-refractivity contribution in [1.29, 1.82) is 0 Å². The summed E-state index contributed by atoms with van der Waals surface area (Å²) in [5, 5.41) is 9.89. The highest BCUT2D eigenvalue weighted by atomic mass is 16.5. The molecule has 1 aliphatic rings. The Kier molecular flexibility index (Phi) is 2.64. The highest BCUT2D eigenvalue weighted by Crippen LogP contribution is 2.39. The van der Waals surface area contributed by atoms with Gasteiger partial charge < -0.3 is 9.84 Å². The van der Waals surface area contributed by atoms with Crippen LogP contribution < -0.4 is 4.74 Å². The summed E-state index contributed by atoms with van der Waals surface area (Å²) in [7, 11) is 0. The molecule has 0 bridgehead atoms. The minimum atomic E-state index is -0.205. The van der Waals surface area contributed by atoms with Gasteiger partial charge in [-0.3, -0.25) is 4.79 Å². The zero-order chi connectivity index (χ0) is 12.8. The summed E-state index contributed by atoms with van der Waals surface area (Å²) in [5.41, 5.74) is 2.12. The number of carbonyl (C=O) groups is 1. The number of ether oxygens (including phenoxy) is 1. The first-order valence-corrected chi connectivity index (χ1v) is 5.87. The zero-order valence-corrected chi connectivity index (χ0v) is 10.8. The first-order valence-electron chi connectivity index (χ1n) is 5.87. The molecule has 0 aromatic heterocycles. The molecule has 0 unspecified atom stereocenters. The SMILES string of the molecule is CC(=O)c1c(O)cc2c(c1C)CCC(C)(C)O2. The van der Waals surface area contributed by atoms with Gasteiger partial charge in [-0.05, 0) is 51.7 Å². The molecule has 1 aromatic rings. The molecule has 1 aliphatic heterocycles. The van der Waals surface area contributed by atoms with E-state index >= 15 is 0 Å². The Hall–Kier alpha value is -1.51. The van der Waals surface area contributed by atoms with Gasteiger partial charge in [0.15, 0.2) is 5.78 Å². The third-order valence-corrected chi connectivity index (χ3v) is 3.36. The van der Waals surface area contributed by atoms with Crippen LogP contribution in [0.5, 0.6) is 11.5 Å². The summed E-state index contributed by atoms with van der Waals surface area (Å²) in [6.45, 7) is 7.40. The van der Waals surface area contributed by atoms with Crippen molar-refractivity contribution in [3.8, 4) is 11.5 Å². The van der Waals surface area contributed by atoms with Crippen LogP contribution in [0.4, 0.5) is 0 Å². The maximum Gasteiger partial charge on any atom is 0.163 e. The van der Waals surface area contributed by atoms with Crippen molar-refractivity contribution in [2.75, 3.05) is 0 Å². The van der Waals surface area contributed by atoms with Crippen LogP contribution in [0.1, 0.15) is 48.7 Å². The molecule has 2 rings (SSSR count). The van der Waals surface area contributed by atoms with Gasteiger partial charge in [0.2, 0.25) is 0 Å². The lowest BCUT2D eigenvalue weighted by molar-refractivity contribution is 0.0839. The Morgan fingerprint density at radius 3 is 2.71 bits per heavy atom. The lowest BCUT2D eigenvalue weighted by Crippen LogP contribution is -2.33. The van der Waals surface area contributed by atoms with E-state index in [1.807, 2.05) is 20.8 Å². The number of Topliss-reactive ketones (excluding diaryl/α,β-unsaturated/α-hetero) is 1. The second-order valence-corrected chi connectivity index (χ2v) is 5.29. The first kappa shape index (κ1) is 12.0. The van der Waals surface area contributed by atoms with Crippen molar-refractivity contribution in [2.45, 2.75) is 46.1 Å². The highest BCUT2D eigenvalue weighted by Gasteiger charge is 2.29. The average molecular weight is 234 g/mol. The van der Waals surface area contributed by atoms with Gasteiger partial charge in [-0.15, -0.1) is 0 Å². The fourth-order valence-electron chi connectivity index (χ4n) is 2.43. The molecule has 3 nitrogen and oxygen atoms in total. The number of hydrogen-bond donors (Lipinski definition) is 1. The van der Waals surface area contributed by atoms with E-state index in [0.717, 1.165) is 24.0 Å². The molecule has 1 N–H and O–H groups in total. The summed E-state index contributed by atoms with van der Waals surface area (Å²) < 4.78 is 5.84. The van der Waals surface area contributed by atoms with Crippen LogP contribution in [-0.2, 0) is 6.42 Å². The minimum Gasteiger partial charge on any atom is -0.507 e. The van der Waals surface area contributed by atoms with Crippen molar-refractivity contribution in [1.82, 2.24) is 0 Å². The van der Waals surface area contributed by atoms with Crippen LogP contribution in [-0.4, -0.2) is 16.5 Å². The fourth-order valence-corrected chi connectivity index (χ4v) is 2.43. The van der Waals surface area contributed by atoms with E-state index in [9.17, 15) is 9.90 Å². The maximum atomic E-state index is 11.5. The van der Waals surface area contributed by atoms with Crippen LogP contribution in [0.2, 0.25) is 0 Å². The Morgan fingerprint density at radius 1 is 1.47 bits per heavy atom. The van der Waals surface area contributed by atoms with E-state index in [1.165, 1.54) is 6.92 Å². The summed E-state index contributed by atoms with van der Waals surface area (Å²) in [6, 6.07) is 1.57. The normalized spacial score (nSPS) is 17.2. The van der Waals surface area contributed by atoms with Crippen LogP contribution in [0.15, 0.2) is 6.07 Å². The minimum absolute atomic E-state index is 0.0199. The third kappa shape index (κ3) is 2.02. The topological polar surface area (TPSA) is 46.5 Å². The Labute approximate surface area is 101 Å². The van der Waals surface area contributed by atoms with Gasteiger partial charge in [-0.1, -0.05) is 0 Å². The number of carbonyl (C=O) groups excluding carboxylic acids is 1. The first-order chi connectivity index (χ1) is 7.82. The molecule has 0 radical (unpaired) electrons. The molecule has 1 aromatic carbocycles. The summed E-state index contributed by atoms with van der Waals surface area (Å²) in [6.07, 6.45) is 1.80. The monoisotopic (exact) mass is 234 g/mol.